The fourth-order valence-electron chi connectivity index (χ4n) is 4.22. The number of carbonyl (C=O) groups excluding carboxylic acids is 3. The van der Waals surface area contributed by atoms with Crippen LogP contribution in [0.2, 0.25) is 0 Å². The van der Waals surface area contributed by atoms with Gasteiger partial charge in [-0.25, -0.2) is 4.79 Å². The second-order valence-electron chi connectivity index (χ2n) is 8.84. The fourth-order valence-corrected chi connectivity index (χ4v) is 4.22. The van der Waals surface area contributed by atoms with E-state index in [9.17, 15) is 24.3 Å². The third-order valence-electron chi connectivity index (χ3n) is 6.56. The molecule has 1 saturated heterocycles. The van der Waals surface area contributed by atoms with Crippen LogP contribution >= 0.6 is 0 Å². The number of rotatable bonds is 10. The van der Waals surface area contributed by atoms with Crippen molar-refractivity contribution in [1.82, 2.24) is 20.5 Å². The minimum absolute atomic E-state index is 0.0227. The molecule has 34 heavy (non-hydrogen) atoms. The van der Waals surface area contributed by atoms with Crippen LogP contribution in [0, 0.1) is 5.92 Å². The number of H-pyrrole nitrogens is 1. The van der Waals surface area contributed by atoms with Crippen LogP contribution < -0.4 is 16.4 Å². The number of aromatic amines is 1. The lowest BCUT2D eigenvalue weighted by molar-refractivity contribution is -0.144. The van der Waals surface area contributed by atoms with E-state index < -0.39 is 41.8 Å². The number of aromatic nitrogens is 1. The van der Waals surface area contributed by atoms with Crippen molar-refractivity contribution in [1.29, 1.82) is 0 Å². The topological polar surface area (TPSA) is 158 Å². The molecule has 4 atom stereocenters. The number of benzene rings is 1. The van der Waals surface area contributed by atoms with Crippen molar-refractivity contribution < 1.29 is 24.3 Å². The standard InChI is InChI=1S/C24H33N5O5/c1-3-14(2)21(25)23(32)27-13-20(30)29-10-6-9-19(29)22(31)28-18(24(33)34)11-15-12-26-17-8-5-4-7-16(15)17/h4-5,7-8,12,14,18-19,21,26H,3,6,9-11,13,25H2,1-2H3,(H,27,32)(H,28,31)(H,33,34). The highest BCUT2D eigenvalue weighted by molar-refractivity contribution is 5.93. The molecule has 1 aliphatic rings. The van der Waals surface area contributed by atoms with Crippen LogP contribution in [0.4, 0.5) is 0 Å². The Morgan fingerprint density at radius 1 is 1.26 bits per heavy atom. The van der Waals surface area contributed by atoms with E-state index in [0.29, 0.717) is 19.4 Å². The van der Waals surface area contributed by atoms with Gasteiger partial charge in [-0.2, -0.15) is 0 Å². The molecule has 3 rings (SSSR count). The van der Waals surface area contributed by atoms with Gasteiger partial charge < -0.3 is 31.4 Å². The van der Waals surface area contributed by atoms with E-state index in [0.717, 1.165) is 22.9 Å². The van der Waals surface area contributed by atoms with E-state index in [4.69, 9.17) is 5.73 Å². The third-order valence-corrected chi connectivity index (χ3v) is 6.56. The van der Waals surface area contributed by atoms with Crippen molar-refractivity contribution in [3.63, 3.8) is 0 Å². The number of fused-ring (bicyclic) bond motifs is 1. The number of carboxylic acid groups (broad SMARTS) is 1. The average Bonchev–Trinajstić information content (AvgIpc) is 3.48. The van der Waals surface area contributed by atoms with Gasteiger partial charge in [0.25, 0.3) is 0 Å². The predicted octanol–water partition coefficient (Wildman–Crippen LogP) is 0.760. The molecule has 1 aromatic heterocycles. The number of nitrogens with one attached hydrogen (secondary N) is 3. The van der Waals surface area contributed by atoms with Crippen LogP contribution in [0.1, 0.15) is 38.7 Å². The Balaban J connectivity index is 1.61. The van der Waals surface area contributed by atoms with Crippen LogP contribution in [-0.4, -0.2) is 69.9 Å². The molecule has 2 heterocycles. The number of carboxylic acids is 1. The lowest BCUT2D eigenvalue weighted by Gasteiger charge is -2.26. The van der Waals surface area contributed by atoms with Gasteiger partial charge >= 0.3 is 5.97 Å². The fraction of sp³-hybridized carbons (Fsp3) is 0.500. The van der Waals surface area contributed by atoms with Crippen molar-refractivity contribution in [2.75, 3.05) is 13.1 Å². The molecule has 0 bridgehead atoms. The molecular formula is C24H33N5O5. The summed E-state index contributed by atoms with van der Waals surface area (Å²) >= 11 is 0. The first-order chi connectivity index (χ1) is 16.2. The quantitative estimate of drug-likeness (QED) is 0.344. The molecule has 1 aliphatic heterocycles. The first kappa shape index (κ1) is 25.2. The smallest absolute Gasteiger partial charge is 0.326 e. The summed E-state index contributed by atoms with van der Waals surface area (Å²) < 4.78 is 0. The summed E-state index contributed by atoms with van der Waals surface area (Å²) in [6.45, 7) is 3.90. The molecule has 3 amide bonds. The largest absolute Gasteiger partial charge is 0.480 e. The number of likely N-dealkylation sites (tertiary alicyclic amines) is 1. The molecule has 0 spiro atoms. The van der Waals surface area contributed by atoms with E-state index in [2.05, 4.69) is 15.6 Å². The number of hydrogen-bond acceptors (Lipinski definition) is 5. The summed E-state index contributed by atoms with van der Waals surface area (Å²) in [6.07, 6.45) is 3.63. The molecule has 0 aliphatic carbocycles. The van der Waals surface area contributed by atoms with Gasteiger partial charge in [-0.3, -0.25) is 14.4 Å². The average molecular weight is 472 g/mol. The molecule has 0 radical (unpaired) electrons. The van der Waals surface area contributed by atoms with Crippen LogP contribution in [0.15, 0.2) is 30.5 Å². The van der Waals surface area contributed by atoms with Crippen LogP contribution in [-0.2, 0) is 25.6 Å². The summed E-state index contributed by atoms with van der Waals surface area (Å²) in [6, 6.07) is 4.90. The van der Waals surface area contributed by atoms with E-state index in [1.165, 1.54) is 4.90 Å². The predicted molar refractivity (Wildman–Crippen MR) is 127 cm³/mol. The number of aliphatic carboxylic acids is 1. The lowest BCUT2D eigenvalue weighted by Crippen LogP contribution is -2.53. The van der Waals surface area contributed by atoms with Crippen molar-refractivity contribution in [2.45, 2.75) is 57.7 Å². The Bertz CT molecular complexity index is 1050. The highest BCUT2D eigenvalue weighted by atomic mass is 16.4. The van der Waals surface area contributed by atoms with Gasteiger partial charge in [0.1, 0.15) is 12.1 Å². The van der Waals surface area contributed by atoms with Crippen molar-refractivity contribution in [3.05, 3.63) is 36.0 Å². The summed E-state index contributed by atoms with van der Waals surface area (Å²) in [4.78, 5) is 54.3. The minimum atomic E-state index is -1.15. The van der Waals surface area contributed by atoms with Gasteiger partial charge in [0.15, 0.2) is 0 Å². The lowest BCUT2D eigenvalue weighted by atomic mass is 9.99. The molecule has 10 nitrogen and oxygen atoms in total. The van der Waals surface area contributed by atoms with Crippen molar-refractivity contribution in [2.24, 2.45) is 11.7 Å². The summed E-state index contributed by atoms with van der Waals surface area (Å²) in [5.74, 6) is -2.49. The highest BCUT2D eigenvalue weighted by Crippen LogP contribution is 2.21. The van der Waals surface area contributed by atoms with Gasteiger partial charge in [-0.05, 0) is 30.4 Å². The second-order valence-corrected chi connectivity index (χ2v) is 8.84. The maximum absolute atomic E-state index is 13.0. The number of amides is 3. The monoisotopic (exact) mass is 471 g/mol. The van der Waals surface area contributed by atoms with Crippen molar-refractivity contribution >= 4 is 34.6 Å². The van der Waals surface area contributed by atoms with E-state index in [-0.39, 0.29) is 18.9 Å². The molecule has 0 saturated carbocycles. The zero-order valence-electron chi connectivity index (χ0n) is 19.5. The first-order valence-corrected chi connectivity index (χ1v) is 11.6. The molecule has 4 unspecified atom stereocenters. The maximum atomic E-state index is 13.0. The van der Waals surface area contributed by atoms with Gasteiger partial charge in [-0.1, -0.05) is 38.5 Å². The molecule has 10 heteroatoms. The third kappa shape index (κ3) is 5.74. The number of carbonyl (C=O) groups is 4. The normalized spacial score (nSPS) is 18.3. The number of para-hydroxylation sites is 1. The Kier molecular flexibility index (Phi) is 8.27. The minimum Gasteiger partial charge on any atom is -0.480 e. The van der Waals surface area contributed by atoms with Crippen LogP contribution in [0.5, 0.6) is 0 Å². The Labute approximate surface area is 198 Å². The van der Waals surface area contributed by atoms with Crippen molar-refractivity contribution in [3.8, 4) is 0 Å². The molecule has 2 aromatic rings. The van der Waals surface area contributed by atoms with Gasteiger partial charge in [0.05, 0.1) is 12.6 Å². The summed E-state index contributed by atoms with van der Waals surface area (Å²) in [5, 5.41) is 15.8. The summed E-state index contributed by atoms with van der Waals surface area (Å²) in [5.41, 5.74) is 7.57. The van der Waals surface area contributed by atoms with Crippen LogP contribution in [0.3, 0.4) is 0 Å². The Morgan fingerprint density at radius 2 is 2.00 bits per heavy atom. The summed E-state index contributed by atoms with van der Waals surface area (Å²) in [7, 11) is 0. The van der Waals surface area contributed by atoms with E-state index in [1.54, 1.807) is 6.20 Å². The second kappa shape index (κ2) is 11.1. The van der Waals surface area contributed by atoms with E-state index >= 15 is 0 Å². The van der Waals surface area contributed by atoms with Crippen LogP contribution in [0.25, 0.3) is 10.9 Å². The molecular weight excluding hydrogens is 438 g/mol. The highest BCUT2D eigenvalue weighted by Gasteiger charge is 2.36. The molecule has 6 N–H and O–H groups in total. The SMILES string of the molecule is CCC(C)C(N)C(=O)NCC(=O)N1CCCC1C(=O)NC(Cc1c[nH]c2ccccc12)C(=O)O. The zero-order chi connectivity index (χ0) is 24.8. The van der Waals surface area contributed by atoms with Gasteiger partial charge in [-0.15, -0.1) is 0 Å². The van der Waals surface area contributed by atoms with Gasteiger partial charge in [0.2, 0.25) is 17.7 Å². The molecule has 184 valence electrons. The molecule has 1 aromatic carbocycles. The number of hydrogen-bond donors (Lipinski definition) is 5. The first-order valence-electron chi connectivity index (χ1n) is 11.6. The Hall–Kier alpha value is -3.40. The maximum Gasteiger partial charge on any atom is 0.326 e. The number of nitrogens with zero attached hydrogens (tertiary/aromatic N) is 1. The molecule has 1 fully saturated rings. The Morgan fingerprint density at radius 3 is 2.71 bits per heavy atom. The van der Waals surface area contributed by atoms with Gasteiger partial charge in [0, 0.05) is 30.1 Å². The number of nitrogens with two attached hydrogens (primary N) is 1. The van der Waals surface area contributed by atoms with E-state index in [1.807, 2.05) is 38.1 Å². The zero-order valence-corrected chi connectivity index (χ0v) is 19.5.